The van der Waals surface area contributed by atoms with Crippen LogP contribution in [0.25, 0.3) is 0 Å². The highest BCUT2D eigenvalue weighted by Gasteiger charge is 2.46. The zero-order chi connectivity index (χ0) is 14.5. The van der Waals surface area contributed by atoms with Gasteiger partial charge in [-0.15, -0.1) is 0 Å². The van der Waals surface area contributed by atoms with E-state index in [1.54, 1.807) is 18.2 Å². The van der Waals surface area contributed by atoms with Gasteiger partial charge in [-0.2, -0.15) is 0 Å². The van der Waals surface area contributed by atoms with Crippen LogP contribution in [0.5, 0.6) is 0 Å². The molecule has 1 aromatic carbocycles. The minimum absolute atomic E-state index is 0.105. The average molecular weight is 359 g/mol. The number of halogens is 1. The van der Waals surface area contributed by atoms with E-state index in [4.69, 9.17) is 5.11 Å². The number of hydrogen-bond donors (Lipinski definition) is 1. The lowest BCUT2D eigenvalue weighted by Gasteiger charge is -2.15. The SMILES string of the molecule is O=C(O)CC1(c2ccc(S(=O)(=O)C3CC3)c(Br)c2)CC1. The van der Waals surface area contributed by atoms with Gasteiger partial charge in [-0.1, -0.05) is 6.07 Å². The van der Waals surface area contributed by atoms with E-state index in [-0.39, 0.29) is 17.1 Å². The van der Waals surface area contributed by atoms with Gasteiger partial charge in [0.05, 0.1) is 16.6 Å². The molecule has 2 aliphatic rings. The third-order valence-electron chi connectivity index (χ3n) is 4.16. The normalized spacial score (nSPS) is 20.6. The molecule has 0 bridgehead atoms. The van der Waals surface area contributed by atoms with Crippen LogP contribution in [-0.2, 0) is 20.0 Å². The number of benzene rings is 1. The van der Waals surface area contributed by atoms with Gasteiger partial charge in [0.1, 0.15) is 0 Å². The van der Waals surface area contributed by atoms with Crippen LogP contribution in [0.15, 0.2) is 27.6 Å². The van der Waals surface area contributed by atoms with E-state index in [2.05, 4.69) is 15.9 Å². The maximum Gasteiger partial charge on any atom is 0.304 e. The third-order valence-corrected chi connectivity index (χ3v) is 7.39. The first-order valence-corrected chi connectivity index (χ1v) is 8.95. The summed E-state index contributed by atoms with van der Waals surface area (Å²) in [6.45, 7) is 0. The third kappa shape index (κ3) is 2.39. The van der Waals surface area contributed by atoms with Crippen molar-refractivity contribution in [3.63, 3.8) is 0 Å². The van der Waals surface area contributed by atoms with E-state index in [0.29, 0.717) is 9.37 Å². The Balaban J connectivity index is 1.94. The molecule has 0 atom stereocenters. The van der Waals surface area contributed by atoms with Crippen molar-refractivity contribution in [2.45, 2.75) is 47.7 Å². The number of hydrogen-bond acceptors (Lipinski definition) is 3. The Labute approximate surface area is 126 Å². The number of carbonyl (C=O) groups is 1. The van der Waals surface area contributed by atoms with E-state index >= 15 is 0 Å². The molecule has 0 aromatic heterocycles. The fourth-order valence-electron chi connectivity index (χ4n) is 2.63. The summed E-state index contributed by atoms with van der Waals surface area (Å²) in [5, 5.41) is 8.74. The highest BCUT2D eigenvalue weighted by atomic mass is 79.9. The van der Waals surface area contributed by atoms with Gasteiger partial charge in [0.25, 0.3) is 0 Å². The maximum absolute atomic E-state index is 12.2. The van der Waals surface area contributed by atoms with E-state index in [1.165, 1.54) is 0 Å². The first-order chi connectivity index (χ1) is 9.35. The van der Waals surface area contributed by atoms with Gasteiger partial charge in [-0.3, -0.25) is 4.79 Å². The van der Waals surface area contributed by atoms with Gasteiger partial charge in [0.15, 0.2) is 9.84 Å². The molecule has 0 radical (unpaired) electrons. The molecule has 108 valence electrons. The molecule has 6 heteroatoms. The Kier molecular flexibility index (Phi) is 3.21. The van der Waals surface area contributed by atoms with Gasteiger partial charge in [0, 0.05) is 9.89 Å². The molecular formula is C14H15BrO4S. The Morgan fingerprint density at radius 2 is 2.00 bits per heavy atom. The van der Waals surface area contributed by atoms with Crippen LogP contribution in [0, 0.1) is 0 Å². The van der Waals surface area contributed by atoms with Gasteiger partial charge in [-0.05, 0) is 59.3 Å². The van der Waals surface area contributed by atoms with Crippen LogP contribution in [0.4, 0.5) is 0 Å². The molecule has 20 heavy (non-hydrogen) atoms. The van der Waals surface area contributed by atoms with Crippen molar-refractivity contribution in [3.05, 3.63) is 28.2 Å². The second-order valence-electron chi connectivity index (χ2n) is 5.74. The highest BCUT2D eigenvalue weighted by molar-refractivity contribution is 9.10. The van der Waals surface area contributed by atoms with Crippen molar-refractivity contribution < 1.29 is 18.3 Å². The first-order valence-electron chi connectivity index (χ1n) is 6.61. The molecule has 2 fully saturated rings. The summed E-state index contributed by atoms with van der Waals surface area (Å²) in [6.07, 6.45) is 3.27. The second-order valence-corrected chi connectivity index (χ2v) is 8.79. The zero-order valence-corrected chi connectivity index (χ0v) is 13.2. The van der Waals surface area contributed by atoms with Crippen molar-refractivity contribution in [2.24, 2.45) is 0 Å². The van der Waals surface area contributed by atoms with Crippen LogP contribution in [0.3, 0.4) is 0 Å². The fourth-order valence-corrected chi connectivity index (χ4v) is 5.39. The van der Waals surface area contributed by atoms with Crippen LogP contribution < -0.4 is 0 Å². The Morgan fingerprint density at radius 1 is 1.35 bits per heavy atom. The smallest absolute Gasteiger partial charge is 0.304 e. The highest BCUT2D eigenvalue weighted by Crippen LogP contribution is 2.52. The van der Waals surface area contributed by atoms with Crippen LogP contribution >= 0.6 is 15.9 Å². The maximum atomic E-state index is 12.2. The molecule has 2 aliphatic carbocycles. The second kappa shape index (κ2) is 4.56. The zero-order valence-electron chi connectivity index (χ0n) is 10.8. The van der Waals surface area contributed by atoms with E-state index in [9.17, 15) is 13.2 Å². The molecule has 0 spiro atoms. The first kappa shape index (κ1) is 14.1. The molecule has 0 heterocycles. The number of carboxylic acid groups (broad SMARTS) is 1. The summed E-state index contributed by atoms with van der Waals surface area (Å²) < 4.78 is 25.0. The average Bonchev–Trinajstić information content (AvgIpc) is 3.22. The largest absolute Gasteiger partial charge is 0.481 e. The molecule has 4 nitrogen and oxygen atoms in total. The number of rotatable bonds is 5. The van der Waals surface area contributed by atoms with Crippen molar-refractivity contribution in [1.82, 2.24) is 0 Å². The Morgan fingerprint density at radius 3 is 2.45 bits per heavy atom. The number of aliphatic carboxylic acids is 1. The van der Waals surface area contributed by atoms with E-state index < -0.39 is 15.8 Å². The molecule has 0 saturated heterocycles. The van der Waals surface area contributed by atoms with E-state index in [1.807, 2.05) is 0 Å². The summed E-state index contributed by atoms with van der Waals surface area (Å²) in [7, 11) is -3.22. The van der Waals surface area contributed by atoms with Crippen molar-refractivity contribution in [1.29, 1.82) is 0 Å². The molecule has 1 N–H and O–H groups in total. The van der Waals surface area contributed by atoms with Crippen molar-refractivity contribution in [3.8, 4) is 0 Å². The van der Waals surface area contributed by atoms with Crippen LogP contribution in [0.2, 0.25) is 0 Å². The lowest BCUT2D eigenvalue weighted by atomic mass is 9.93. The van der Waals surface area contributed by atoms with Crippen molar-refractivity contribution >= 4 is 31.7 Å². The molecule has 0 amide bonds. The van der Waals surface area contributed by atoms with E-state index in [0.717, 1.165) is 31.2 Å². The molecule has 1 aromatic rings. The summed E-state index contributed by atoms with van der Waals surface area (Å²) in [5.41, 5.74) is 0.623. The summed E-state index contributed by atoms with van der Waals surface area (Å²) in [6, 6.07) is 5.18. The lowest BCUT2D eigenvalue weighted by Crippen LogP contribution is -2.14. The van der Waals surface area contributed by atoms with Gasteiger partial charge in [0.2, 0.25) is 0 Å². The fraction of sp³-hybridized carbons (Fsp3) is 0.500. The minimum Gasteiger partial charge on any atom is -0.481 e. The lowest BCUT2D eigenvalue weighted by molar-refractivity contribution is -0.137. The Hall–Kier alpha value is -0.880. The van der Waals surface area contributed by atoms with Crippen LogP contribution in [0.1, 0.15) is 37.7 Å². The van der Waals surface area contributed by atoms with Gasteiger partial charge in [-0.25, -0.2) is 8.42 Å². The molecule has 0 aliphatic heterocycles. The topological polar surface area (TPSA) is 71.4 Å². The summed E-state index contributed by atoms with van der Waals surface area (Å²) >= 11 is 3.34. The Bertz CT molecular complexity index is 672. The molecular weight excluding hydrogens is 344 g/mol. The van der Waals surface area contributed by atoms with Gasteiger partial charge < -0.3 is 5.11 Å². The number of carboxylic acids is 1. The standard InChI is InChI=1S/C14H15BrO4S/c15-11-7-9(14(5-6-14)8-13(16)17)1-4-12(11)20(18,19)10-2-3-10/h1,4,7,10H,2-3,5-6,8H2,(H,16,17). The predicted octanol–water partition coefficient (Wildman–Crippen LogP) is 2.89. The van der Waals surface area contributed by atoms with Crippen LogP contribution in [-0.4, -0.2) is 24.7 Å². The molecule has 2 saturated carbocycles. The monoisotopic (exact) mass is 358 g/mol. The summed E-state index contributed by atoms with van der Waals surface area (Å²) in [4.78, 5) is 11.3. The minimum atomic E-state index is -3.22. The molecule has 3 rings (SSSR count). The van der Waals surface area contributed by atoms with Gasteiger partial charge >= 0.3 is 5.97 Å². The quantitative estimate of drug-likeness (QED) is 0.878. The number of sulfone groups is 1. The van der Waals surface area contributed by atoms with Crippen molar-refractivity contribution in [2.75, 3.05) is 0 Å². The molecule has 0 unspecified atom stereocenters. The summed E-state index contributed by atoms with van der Waals surface area (Å²) in [5.74, 6) is -0.812. The predicted molar refractivity (Wildman–Crippen MR) is 77.5 cm³/mol.